The van der Waals surface area contributed by atoms with Crippen molar-refractivity contribution in [2.24, 2.45) is 0 Å². The summed E-state index contributed by atoms with van der Waals surface area (Å²) in [6.45, 7) is 5.92. The van der Waals surface area contributed by atoms with Gasteiger partial charge in [-0.15, -0.1) is 11.3 Å². The highest BCUT2D eigenvalue weighted by Crippen LogP contribution is 2.28. The fourth-order valence-electron chi connectivity index (χ4n) is 3.63. The lowest BCUT2D eigenvalue weighted by Gasteiger charge is -2.16. The maximum atomic E-state index is 6.01. The van der Waals surface area contributed by atoms with Crippen LogP contribution < -0.4 is 10.1 Å². The minimum absolute atomic E-state index is 0.578. The first-order chi connectivity index (χ1) is 14.2. The molecule has 154 valence electrons. The van der Waals surface area contributed by atoms with Crippen LogP contribution in [-0.4, -0.2) is 12.0 Å². The molecule has 0 atom stereocenters. The smallest absolute Gasteiger partial charge is 0.119 e. The molecule has 0 aliphatic carbocycles. The van der Waals surface area contributed by atoms with Crippen molar-refractivity contribution in [3.8, 4) is 17.0 Å². The number of aromatic nitrogens is 1. The third-order valence-electron chi connectivity index (χ3n) is 5.16. The van der Waals surface area contributed by atoms with Crippen LogP contribution in [0.5, 0.6) is 5.75 Å². The van der Waals surface area contributed by atoms with E-state index in [9.17, 15) is 0 Å². The zero-order chi connectivity index (χ0) is 20.5. The summed E-state index contributed by atoms with van der Waals surface area (Å²) < 4.78 is 6.01. The molecule has 3 aromatic rings. The van der Waals surface area contributed by atoms with Gasteiger partial charge in [0.15, 0.2) is 0 Å². The van der Waals surface area contributed by atoms with Gasteiger partial charge < -0.3 is 10.1 Å². The summed E-state index contributed by atoms with van der Waals surface area (Å²) in [5.41, 5.74) is 4.79. The Morgan fingerprint density at radius 3 is 2.28 bits per heavy atom. The van der Waals surface area contributed by atoms with Crippen molar-refractivity contribution in [2.75, 3.05) is 7.05 Å². The standard InChI is InChI=1S/C25H32N2OS/c1-4-6-20(7-5-2)21-12-14-23(15-13-21)28-17-19-8-10-22(11-9-19)24-18-29-25(27-24)16-26-3/h8-15,18,20,26H,4-7,16-17H2,1-3H3. The fraction of sp³-hybridized carbons (Fsp3) is 0.400. The molecule has 4 heteroatoms. The van der Waals surface area contributed by atoms with E-state index in [0.717, 1.165) is 28.6 Å². The lowest BCUT2D eigenvalue weighted by Crippen LogP contribution is -2.04. The van der Waals surface area contributed by atoms with E-state index in [2.05, 4.69) is 78.1 Å². The molecule has 0 spiro atoms. The summed E-state index contributed by atoms with van der Waals surface area (Å²) in [7, 11) is 1.94. The lowest BCUT2D eigenvalue weighted by atomic mass is 9.90. The molecular formula is C25H32N2OS. The highest BCUT2D eigenvalue weighted by molar-refractivity contribution is 7.09. The molecule has 0 saturated carbocycles. The minimum Gasteiger partial charge on any atom is -0.489 e. The number of nitrogens with one attached hydrogen (secondary N) is 1. The monoisotopic (exact) mass is 408 g/mol. The van der Waals surface area contributed by atoms with Crippen LogP contribution in [0.3, 0.4) is 0 Å². The van der Waals surface area contributed by atoms with Gasteiger partial charge in [0.1, 0.15) is 17.4 Å². The van der Waals surface area contributed by atoms with Gasteiger partial charge in [0, 0.05) is 17.5 Å². The molecule has 0 amide bonds. The maximum absolute atomic E-state index is 6.01. The molecule has 1 N–H and O–H groups in total. The molecule has 3 nitrogen and oxygen atoms in total. The average Bonchev–Trinajstić information content (AvgIpc) is 3.22. The predicted octanol–water partition coefficient (Wildman–Crippen LogP) is 6.79. The van der Waals surface area contributed by atoms with Crippen molar-refractivity contribution in [3.05, 3.63) is 70.0 Å². The largest absolute Gasteiger partial charge is 0.489 e. The normalized spacial score (nSPS) is 11.2. The molecule has 0 aliphatic heterocycles. The molecule has 0 bridgehead atoms. The summed E-state index contributed by atoms with van der Waals surface area (Å²) >= 11 is 1.69. The van der Waals surface area contributed by atoms with Crippen LogP contribution in [0, 0.1) is 0 Å². The lowest BCUT2D eigenvalue weighted by molar-refractivity contribution is 0.306. The molecule has 0 radical (unpaired) electrons. The fourth-order valence-corrected chi connectivity index (χ4v) is 4.44. The molecule has 29 heavy (non-hydrogen) atoms. The molecule has 0 unspecified atom stereocenters. The molecule has 0 fully saturated rings. The van der Waals surface area contributed by atoms with Crippen LogP contribution in [0.25, 0.3) is 11.3 Å². The van der Waals surface area contributed by atoms with E-state index in [-0.39, 0.29) is 0 Å². The first kappa shape index (κ1) is 21.5. The number of benzene rings is 2. The second-order valence-corrected chi connectivity index (χ2v) is 8.43. The van der Waals surface area contributed by atoms with Crippen molar-refractivity contribution in [1.29, 1.82) is 0 Å². The molecule has 0 aliphatic rings. The Kier molecular flexibility index (Phi) is 8.26. The van der Waals surface area contributed by atoms with E-state index in [1.807, 2.05) is 7.05 Å². The molecule has 0 saturated heterocycles. The molecule has 2 aromatic carbocycles. The zero-order valence-corrected chi connectivity index (χ0v) is 18.6. The van der Waals surface area contributed by atoms with Gasteiger partial charge in [0.25, 0.3) is 0 Å². The van der Waals surface area contributed by atoms with Crippen LogP contribution in [0.15, 0.2) is 53.9 Å². The van der Waals surface area contributed by atoms with E-state index in [4.69, 9.17) is 4.74 Å². The van der Waals surface area contributed by atoms with E-state index in [0.29, 0.717) is 12.5 Å². The van der Waals surface area contributed by atoms with Crippen molar-refractivity contribution in [3.63, 3.8) is 0 Å². The minimum atomic E-state index is 0.578. The van der Waals surface area contributed by atoms with E-state index in [1.54, 1.807) is 11.3 Å². The van der Waals surface area contributed by atoms with Gasteiger partial charge in [0.2, 0.25) is 0 Å². The van der Waals surface area contributed by atoms with Crippen molar-refractivity contribution in [1.82, 2.24) is 10.3 Å². The number of hydrogen-bond acceptors (Lipinski definition) is 4. The van der Waals surface area contributed by atoms with E-state index >= 15 is 0 Å². The third kappa shape index (κ3) is 6.15. The van der Waals surface area contributed by atoms with Crippen LogP contribution in [0.4, 0.5) is 0 Å². The maximum Gasteiger partial charge on any atom is 0.119 e. The Bertz CT molecular complexity index is 849. The number of thiazole rings is 1. The summed E-state index contributed by atoms with van der Waals surface area (Å²) in [5.74, 6) is 1.60. The van der Waals surface area contributed by atoms with Gasteiger partial charge in [-0.25, -0.2) is 4.98 Å². The van der Waals surface area contributed by atoms with E-state index < -0.39 is 0 Å². The van der Waals surface area contributed by atoms with Gasteiger partial charge in [-0.1, -0.05) is 63.1 Å². The van der Waals surface area contributed by atoms with Gasteiger partial charge in [-0.3, -0.25) is 0 Å². The molecule has 3 rings (SSSR count). The summed E-state index contributed by atoms with van der Waals surface area (Å²) in [5, 5.41) is 6.37. The third-order valence-corrected chi connectivity index (χ3v) is 6.01. The van der Waals surface area contributed by atoms with Crippen LogP contribution in [0.1, 0.15) is 61.6 Å². The first-order valence-corrected chi connectivity index (χ1v) is 11.5. The highest BCUT2D eigenvalue weighted by Gasteiger charge is 2.10. The molecular weight excluding hydrogens is 376 g/mol. The Labute approximate surface area is 179 Å². The van der Waals surface area contributed by atoms with Gasteiger partial charge in [-0.05, 0) is 49.1 Å². The van der Waals surface area contributed by atoms with Gasteiger partial charge in [-0.2, -0.15) is 0 Å². The second-order valence-electron chi connectivity index (χ2n) is 7.49. The quantitative estimate of drug-likeness (QED) is 0.379. The Hall–Kier alpha value is -2.17. The van der Waals surface area contributed by atoms with Gasteiger partial charge in [0.05, 0.1) is 5.69 Å². The molecule has 1 heterocycles. The number of hydrogen-bond donors (Lipinski definition) is 1. The van der Waals surface area contributed by atoms with Gasteiger partial charge >= 0.3 is 0 Å². The average molecular weight is 409 g/mol. The second kappa shape index (κ2) is 11.1. The topological polar surface area (TPSA) is 34.1 Å². The summed E-state index contributed by atoms with van der Waals surface area (Å²) in [6.07, 6.45) is 4.99. The zero-order valence-electron chi connectivity index (χ0n) is 17.8. The summed E-state index contributed by atoms with van der Waals surface area (Å²) in [6, 6.07) is 17.2. The highest BCUT2D eigenvalue weighted by atomic mass is 32.1. The predicted molar refractivity (Wildman–Crippen MR) is 124 cm³/mol. The SMILES string of the molecule is CCCC(CCC)c1ccc(OCc2ccc(-c3csc(CNC)n3)cc2)cc1. The Balaban J connectivity index is 1.56. The van der Waals surface area contributed by atoms with Crippen molar-refractivity contribution in [2.45, 2.75) is 58.6 Å². The van der Waals surface area contributed by atoms with E-state index in [1.165, 1.54) is 36.8 Å². The molecule has 1 aromatic heterocycles. The Morgan fingerprint density at radius 1 is 0.966 bits per heavy atom. The van der Waals surface area contributed by atoms with Crippen LogP contribution in [0.2, 0.25) is 0 Å². The van der Waals surface area contributed by atoms with Crippen molar-refractivity contribution < 1.29 is 4.74 Å². The number of nitrogens with zero attached hydrogens (tertiary/aromatic N) is 1. The van der Waals surface area contributed by atoms with Crippen LogP contribution >= 0.6 is 11.3 Å². The number of rotatable bonds is 11. The Morgan fingerprint density at radius 2 is 1.66 bits per heavy atom. The van der Waals surface area contributed by atoms with Crippen molar-refractivity contribution >= 4 is 11.3 Å². The summed E-state index contributed by atoms with van der Waals surface area (Å²) in [4.78, 5) is 4.67. The first-order valence-electron chi connectivity index (χ1n) is 10.6. The van der Waals surface area contributed by atoms with Crippen LogP contribution in [-0.2, 0) is 13.2 Å². The number of ether oxygens (including phenoxy) is 1.